The second-order valence-corrected chi connectivity index (χ2v) is 5.81. The smallest absolute Gasteiger partial charge is 0.325 e. The van der Waals surface area contributed by atoms with E-state index in [-0.39, 0.29) is 5.76 Å². The Morgan fingerprint density at radius 2 is 2.11 bits per heavy atom. The van der Waals surface area contributed by atoms with Crippen LogP contribution in [0.15, 0.2) is 53.7 Å². The minimum absolute atomic E-state index is 0.0622. The summed E-state index contributed by atoms with van der Waals surface area (Å²) in [5.74, 6) is -1.87. The molecule has 11 heteroatoms. The number of anilines is 1. The van der Waals surface area contributed by atoms with Gasteiger partial charge in [-0.1, -0.05) is 11.6 Å². The van der Waals surface area contributed by atoms with Crippen LogP contribution in [0.2, 0.25) is 5.02 Å². The monoisotopic (exact) mass is 403 g/mol. The quantitative estimate of drug-likeness (QED) is 0.571. The fourth-order valence-electron chi connectivity index (χ4n) is 2.17. The molecule has 2 aromatic heterocycles. The Morgan fingerprint density at radius 1 is 1.25 bits per heavy atom. The number of rotatable bonds is 7. The first kappa shape index (κ1) is 19.1. The first-order valence-electron chi connectivity index (χ1n) is 7.94. The summed E-state index contributed by atoms with van der Waals surface area (Å²) in [7, 11) is 0. The number of aromatic nitrogens is 3. The topological polar surface area (TPSA) is 128 Å². The first-order chi connectivity index (χ1) is 13.5. The minimum atomic E-state index is -0.780. The third-order valence-corrected chi connectivity index (χ3v) is 3.64. The lowest BCUT2D eigenvalue weighted by molar-refractivity contribution is -0.146. The molecular formula is C17H14ClN5O5. The van der Waals surface area contributed by atoms with Gasteiger partial charge in [-0.15, -0.1) is 0 Å². The van der Waals surface area contributed by atoms with Gasteiger partial charge in [0.15, 0.2) is 12.4 Å². The molecule has 0 fully saturated rings. The maximum absolute atomic E-state index is 12.1. The lowest BCUT2D eigenvalue weighted by Gasteiger charge is -2.11. The highest BCUT2D eigenvalue weighted by molar-refractivity contribution is 6.31. The molecule has 0 aliphatic carbocycles. The van der Waals surface area contributed by atoms with Crippen molar-refractivity contribution >= 4 is 35.1 Å². The molecule has 0 atom stereocenters. The minimum Gasteiger partial charge on any atom is -0.459 e. The summed E-state index contributed by atoms with van der Waals surface area (Å²) < 4.78 is 11.2. The van der Waals surface area contributed by atoms with Gasteiger partial charge < -0.3 is 19.8 Å². The zero-order valence-corrected chi connectivity index (χ0v) is 15.0. The molecule has 0 bridgehead atoms. The van der Waals surface area contributed by atoms with Gasteiger partial charge in [-0.3, -0.25) is 14.4 Å². The van der Waals surface area contributed by atoms with E-state index in [2.05, 4.69) is 20.7 Å². The molecule has 2 amide bonds. The van der Waals surface area contributed by atoms with Crippen molar-refractivity contribution in [3.63, 3.8) is 0 Å². The maximum atomic E-state index is 12.1. The van der Waals surface area contributed by atoms with Crippen LogP contribution < -0.4 is 10.6 Å². The van der Waals surface area contributed by atoms with Crippen LogP contribution in [0.25, 0.3) is 5.69 Å². The average molecular weight is 404 g/mol. The second-order valence-electron chi connectivity index (χ2n) is 5.37. The number of nitrogens with zero attached hydrogens (tertiary/aromatic N) is 3. The second kappa shape index (κ2) is 8.82. The molecule has 3 rings (SSSR count). The largest absolute Gasteiger partial charge is 0.459 e. The van der Waals surface area contributed by atoms with Gasteiger partial charge in [0.2, 0.25) is 0 Å². The molecule has 0 saturated carbocycles. The summed E-state index contributed by atoms with van der Waals surface area (Å²) in [4.78, 5) is 39.3. The van der Waals surface area contributed by atoms with Crippen molar-refractivity contribution in [2.24, 2.45) is 0 Å². The zero-order valence-electron chi connectivity index (χ0n) is 14.3. The number of furan rings is 1. The molecule has 2 N–H and O–H groups in total. The molecule has 0 unspecified atom stereocenters. The van der Waals surface area contributed by atoms with Gasteiger partial charge in [0, 0.05) is 5.02 Å². The molecule has 3 aromatic rings. The van der Waals surface area contributed by atoms with Crippen LogP contribution in [0, 0.1) is 0 Å². The van der Waals surface area contributed by atoms with Crippen molar-refractivity contribution in [1.82, 2.24) is 20.1 Å². The van der Waals surface area contributed by atoms with Gasteiger partial charge >= 0.3 is 5.97 Å². The van der Waals surface area contributed by atoms with Gasteiger partial charge in [0.05, 0.1) is 17.6 Å². The Labute approximate surface area is 163 Å². The van der Waals surface area contributed by atoms with E-state index < -0.39 is 30.9 Å². The van der Waals surface area contributed by atoms with E-state index in [1.807, 2.05) is 0 Å². The average Bonchev–Trinajstić information content (AvgIpc) is 3.38. The third kappa shape index (κ3) is 4.95. The van der Waals surface area contributed by atoms with Crippen molar-refractivity contribution in [2.75, 3.05) is 18.5 Å². The molecule has 144 valence electrons. The molecular weight excluding hydrogens is 390 g/mol. The molecule has 1 aromatic carbocycles. The van der Waals surface area contributed by atoms with Gasteiger partial charge in [0.1, 0.15) is 19.2 Å². The summed E-state index contributed by atoms with van der Waals surface area (Å²) in [5, 5.41) is 9.31. The number of halogens is 1. The maximum Gasteiger partial charge on any atom is 0.325 e. The third-order valence-electron chi connectivity index (χ3n) is 3.40. The number of carbonyl (C=O) groups excluding carboxylic acids is 3. The van der Waals surface area contributed by atoms with Gasteiger partial charge in [-0.2, -0.15) is 5.10 Å². The highest BCUT2D eigenvalue weighted by Crippen LogP contribution is 2.23. The van der Waals surface area contributed by atoms with E-state index >= 15 is 0 Å². The summed E-state index contributed by atoms with van der Waals surface area (Å²) in [6.07, 6.45) is 4.14. The van der Waals surface area contributed by atoms with Crippen molar-refractivity contribution in [1.29, 1.82) is 0 Å². The number of esters is 1. The lowest BCUT2D eigenvalue weighted by atomic mass is 10.2. The number of hydrogen-bond donors (Lipinski definition) is 2. The van der Waals surface area contributed by atoms with Crippen molar-refractivity contribution in [3.8, 4) is 5.69 Å². The van der Waals surface area contributed by atoms with Crippen LogP contribution in [0.1, 0.15) is 10.6 Å². The number of carbonyl (C=O) groups is 3. The van der Waals surface area contributed by atoms with Gasteiger partial charge in [0.25, 0.3) is 11.8 Å². The van der Waals surface area contributed by atoms with E-state index in [1.165, 1.54) is 35.7 Å². The molecule has 0 aliphatic rings. The van der Waals surface area contributed by atoms with Gasteiger partial charge in [-0.25, -0.2) is 9.67 Å². The van der Waals surface area contributed by atoms with Crippen molar-refractivity contribution in [2.45, 2.75) is 0 Å². The predicted molar refractivity (Wildman–Crippen MR) is 97.0 cm³/mol. The van der Waals surface area contributed by atoms with E-state index in [9.17, 15) is 14.4 Å². The van der Waals surface area contributed by atoms with Crippen LogP contribution in [0.5, 0.6) is 0 Å². The Hall–Kier alpha value is -3.66. The molecule has 28 heavy (non-hydrogen) atoms. The van der Waals surface area contributed by atoms with Crippen molar-refractivity contribution < 1.29 is 23.5 Å². The van der Waals surface area contributed by atoms with E-state index in [4.69, 9.17) is 20.8 Å². The molecule has 0 aliphatic heterocycles. The van der Waals surface area contributed by atoms with Crippen LogP contribution >= 0.6 is 11.6 Å². The summed E-state index contributed by atoms with van der Waals surface area (Å²) in [5.41, 5.74) is 0.900. The molecule has 0 radical (unpaired) electrons. The van der Waals surface area contributed by atoms with E-state index in [1.54, 1.807) is 18.2 Å². The van der Waals surface area contributed by atoms with Crippen LogP contribution in [-0.2, 0) is 14.3 Å². The zero-order chi connectivity index (χ0) is 19.9. The molecule has 10 nitrogen and oxygen atoms in total. The Kier molecular flexibility index (Phi) is 6.02. The number of benzene rings is 1. The highest BCUT2D eigenvalue weighted by Gasteiger charge is 2.14. The normalized spacial score (nSPS) is 10.3. The first-order valence-corrected chi connectivity index (χ1v) is 8.32. The lowest BCUT2D eigenvalue weighted by Crippen LogP contribution is -2.32. The Balaban J connectivity index is 1.51. The Bertz CT molecular complexity index is 972. The predicted octanol–water partition coefficient (Wildman–Crippen LogP) is 1.43. The highest BCUT2D eigenvalue weighted by atomic mass is 35.5. The van der Waals surface area contributed by atoms with E-state index in [0.717, 1.165) is 0 Å². The number of amides is 2. The summed E-state index contributed by atoms with van der Waals surface area (Å²) in [6.45, 7) is -0.951. The fraction of sp³-hybridized carbons (Fsp3) is 0.118. The van der Waals surface area contributed by atoms with E-state index in [0.29, 0.717) is 16.4 Å². The fourth-order valence-corrected chi connectivity index (χ4v) is 2.34. The number of ether oxygens (including phenoxy) is 1. The van der Waals surface area contributed by atoms with Crippen LogP contribution in [0.3, 0.4) is 0 Å². The number of hydrogen-bond acceptors (Lipinski definition) is 7. The Morgan fingerprint density at radius 3 is 2.82 bits per heavy atom. The standard InChI is InChI=1S/C17H14ClN5O5/c18-11-3-4-13(23-10-19-9-21-23)12(6-11)22-15(24)8-28-16(25)7-20-17(26)14-2-1-5-27-14/h1-6,9-10H,7-8H2,(H,20,26)(H,22,24). The molecule has 0 saturated heterocycles. The summed E-state index contributed by atoms with van der Waals surface area (Å²) >= 11 is 5.97. The van der Waals surface area contributed by atoms with Gasteiger partial charge in [-0.05, 0) is 30.3 Å². The molecule has 2 heterocycles. The molecule has 0 spiro atoms. The van der Waals surface area contributed by atoms with Crippen molar-refractivity contribution in [3.05, 3.63) is 60.0 Å². The van der Waals surface area contributed by atoms with Crippen LogP contribution in [0.4, 0.5) is 5.69 Å². The SMILES string of the molecule is O=C(COC(=O)CNC(=O)c1ccco1)Nc1cc(Cl)ccc1-n1cncn1. The van der Waals surface area contributed by atoms with Crippen LogP contribution in [-0.4, -0.2) is 45.7 Å². The summed E-state index contributed by atoms with van der Waals surface area (Å²) in [6, 6.07) is 7.81. The number of nitrogens with one attached hydrogen (secondary N) is 2.